The van der Waals surface area contributed by atoms with Gasteiger partial charge in [-0.25, -0.2) is 9.37 Å². The van der Waals surface area contributed by atoms with Gasteiger partial charge >= 0.3 is 5.51 Å². The number of fused-ring (bicyclic) bond motifs is 1. The molecule has 1 saturated heterocycles. The third-order valence-electron chi connectivity index (χ3n) is 5.61. The molecular formula is C24H24F4N6O2S. The molecule has 0 saturated carbocycles. The van der Waals surface area contributed by atoms with Crippen LogP contribution in [0.25, 0.3) is 5.52 Å². The number of ether oxygens (including phenoxy) is 1. The van der Waals surface area contributed by atoms with E-state index in [4.69, 9.17) is 4.74 Å². The average Bonchev–Trinajstić information content (AvgIpc) is 3.43. The summed E-state index contributed by atoms with van der Waals surface area (Å²) in [6.07, 6.45) is 1.62. The van der Waals surface area contributed by atoms with Crippen molar-refractivity contribution in [3.05, 3.63) is 47.8 Å². The first-order valence-corrected chi connectivity index (χ1v) is 12.0. The maximum atomic E-state index is 14.1. The lowest BCUT2D eigenvalue weighted by molar-refractivity contribution is -0.0329. The predicted octanol–water partition coefficient (Wildman–Crippen LogP) is 3.50. The Hall–Kier alpha value is -3.63. The van der Waals surface area contributed by atoms with Crippen molar-refractivity contribution in [1.82, 2.24) is 20.0 Å². The van der Waals surface area contributed by atoms with Crippen LogP contribution in [-0.2, 0) is 0 Å². The zero-order chi connectivity index (χ0) is 26.6. The summed E-state index contributed by atoms with van der Waals surface area (Å²) in [5, 5.41) is 11.4. The minimum absolute atomic E-state index is 0.0660. The van der Waals surface area contributed by atoms with Crippen LogP contribution < -0.4 is 26.0 Å². The quantitative estimate of drug-likeness (QED) is 0.209. The van der Waals surface area contributed by atoms with Crippen LogP contribution in [0, 0.1) is 11.8 Å². The van der Waals surface area contributed by atoms with Gasteiger partial charge in [0, 0.05) is 49.9 Å². The maximum Gasteiger partial charge on any atom is 0.447 e. The molecule has 2 aromatic heterocycles. The van der Waals surface area contributed by atoms with Crippen LogP contribution in [0.15, 0.2) is 41.7 Å². The third kappa shape index (κ3) is 6.20. The van der Waals surface area contributed by atoms with Crippen molar-refractivity contribution in [3.63, 3.8) is 0 Å². The molecule has 1 fully saturated rings. The Labute approximate surface area is 214 Å². The van der Waals surface area contributed by atoms with Gasteiger partial charge in [0.25, 0.3) is 5.91 Å². The number of thioether (sulfide) groups is 1. The highest BCUT2D eigenvalue weighted by Crippen LogP contribution is 2.40. The number of nitrogens with one attached hydrogen (secondary N) is 4. The molecule has 2 atom stereocenters. The zero-order valence-electron chi connectivity index (χ0n) is 19.9. The van der Waals surface area contributed by atoms with Crippen molar-refractivity contribution < 1.29 is 27.1 Å². The van der Waals surface area contributed by atoms with E-state index in [1.165, 1.54) is 37.0 Å². The second-order valence-electron chi connectivity index (χ2n) is 8.02. The van der Waals surface area contributed by atoms with E-state index in [-0.39, 0.29) is 47.2 Å². The molecule has 196 valence electrons. The van der Waals surface area contributed by atoms with Gasteiger partial charge in [0.2, 0.25) is 0 Å². The molecule has 8 nitrogen and oxygen atoms in total. The molecule has 1 aromatic carbocycles. The number of alkyl halides is 4. The van der Waals surface area contributed by atoms with Crippen LogP contribution >= 0.6 is 11.8 Å². The van der Waals surface area contributed by atoms with Gasteiger partial charge in [-0.2, -0.15) is 13.2 Å². The van der Waals surface area contributed by atoms with E-state index in [0.717, 1.165) is 0 Å². The first kappa shape index (κ1) is 26.4. The fraction of sp³-hybridized carbons (Fsp3) is 0.333. The van der Waals surface area contributed by atoms with Crippen molar-refractivity contribution >= 4 is 34.7 Å². The van der Waals surface area contributed by atoms with Crippen molar-refractivity contribution in [2.24, 2.45) is 0 Å². The Morgan fingerprint density at radius 1 is 1.32 bits per heavy atom. The van der Waals surface area contributed by atoms with Crippen LogP contribution in [0.2, 0.25) is 0 Å². The second kappa shape index (κ2) is 11.2. The molecule has 0 bridgehead atoms. The highest BCUT2D eigenvalue weighted by atomic mass is 32.2. The molecule has 3 aromatic rings. The molecule has 13 heteroatoms. The second-order valence-corrected chi connectivity index (χ2v) is 9.07. The van der Waals surface area contributed by atoms with Crippen molar-refractivity contribution in [2.75, 3.05) is 44.4 Å². The predicted molar refractivity (Wildman–Crippen MR) is 134 cm³/mol. The molecule has 4 N–H and O–H groups in total. The summed E-state index contributed by atoms with van der Waals surface area (Å²) < 4.78 is 60.9. The lowest BCUT2D eigenvalue weighted by Gasteiger charge is -2.15. The van der Waals surface area contributed by atoms with Crippen LogP contribution in [0.4, 0.5) is 29.1 Å². The standard InChI is InChI=1S/C24H24F4N6O2S/c1-29-22(35)14-5-6-20(36-2)17(10-14)31-7-3-4-15-11-19-21(33-18-13-30-12-16(18)25)32-8-9-34(19)23(15)37-24(26,27)28/h5-6,8-11,16,18,30-31H,7,12-13H2,1-2H3,(H,29,35)(H,32,33)/t16-,18+/m0/s1. The Morgan fingerprint density at radius 3 is 2.81 bits per heavy atom. The van der Waals surface area contributed by atoms with E-state index in [1.807, 2.05) is 0 Å². The van der Waals surface area contributed by atoms with Gasteiger partial charge in [0.05, 0.1) is 36.5 Å². The summed E-state index contributed by atoms with van der Waals surface area (Å²) in [7, 11) is 2.99. The van der Waals surface area contributed by atoms with E-state index in [2.05, 4.69) is 38.1 Å². The molecule has 4 rings (SSSR count). The van der Waals surface area contributed by atoms with Crippen LogP contribution in [-0.4, -0.2) is 66.8 Å². The highest BCUT2D eigenvalue weighted by molar-refractivity contribution is 8.00. The Morgan fingerprint density at radius 2 is 2.14 bits per heavy atom. The molecule has 1 aliphatic rings. The number of benzene rings is 1. The van der Waals surface area contributed by atoms with Gasteiger partial charge in [-0.05, 0) is 24.3 Å². The fourth-order valence-corrected chi connectivity index (χ4v) is 4.56. The number of carbonyl (C=O) groups is 1. The number of nitrogens with zero attached hydrogens (tertiary/aromatic N) is 2. The molecule has 0 aliphatic carbocycles. The Kier molecular flexibility index (Phi) is 7.99. The van der Waals surface area contributed by atoms with E-state index in [1.54, 1.807) is 18.2 Å². The summed E-state index contributed by atoms with van der Waals surface area (Å²) in [6, 6.07) is 5.78. The van der Waals surface area contributed by atoms with Gasteiger partial charge in [-0.15, -0.1) is 0 Å². The van der Waals surface area contributed by atoms with Gasteiger partial charge in [0.15, 0.2) is 5.82 Å². The number of amides is 1. The molecule has 0 spiro atoms. The minimum Gasteiger partial charge on any atom is -0.495 e. The number of rotatable bonds is 7. The summed E-state index contributed by atoms with van der Waals surface area (Å²) in [5.41, 5.74) is -3.14. The molecule has 0 unspecified atom stereocenters. The number of anilines is 2. The van der Waals surface area contributed by atoms with Crippen molar-refractivity contribution in [2.45, 2.75) is 22.7 Å². The zero-order valence-corrected chi connectivity index (χ0v) is 20.7. The average molecular weight is 537 g/mol. The van der Waals surface area contributed by atoms with Gasteiger partial charge in [-0.1, -0.05) is 11.8 Å². The monoisotopic (exact) mass is 536 g/mol. The summed E-state index contributed by atoms with van der Waals surface area (Å²) in [4.78, 5) is 16.1. The van der Waals surface area contributed by atoms with E-state index < -0.39 is 17.7 Å². The van der Waals surface area contributed by atoms with Gasteiger partial charge in [0.1, 0.15) is 16.9 Å². The first-order valence-electron chi connectivity index (χ1n) is 11.2. The van der Waals surface area contributed by atoms with Crippen LogP contribution in [0.1, 0.15) is 15.9 Å². The number of halogens is 4. The maximum absolute atomic E-state index is 14.1. The van der Waals surface area contributed by atoms with E-state index >= 15 is 0 Å². The first-order chi connectivity index (χ1) is 17.7. The fourth-order valence-electron chi connectivity index (χ4n) is 3.87. The van der Waals surface area contributed by atoms with Gasteiger partial charge < -0.3 is 30.4 Å². The SMILES string of the molecule is CNC(=O)c1ccc(OC)c(NCC#Cc2cc3c(N[C@@H]4CNC[C@@H]4F)nccn3c2SC(F)(F)F)c1. The number of hydrogen-bond acceptors (Lipinski definition) is 7. The number of hydrogen-bond donors (Lipinski definition) is 4. The third-order valence-corrected chi connectivity index (χ3v) is 6.45. The minimum atomic E-state index is -4.55. The van der Waals surface area contributed by atoms with E-state index in [0.29, 0.717) is 29.1 Å². The molecule has 3 heterocycles. The largest absolute Gasteiger partial charge is 0.495 e. The topological polar surface area (TPSA) is 91.7 Å². The normalized spacial score (nSPS) is 17.2. The summed E-state index contributed by atoms with van der Waals surface area (Å²) >= 11 is -0.283. The molecule has 37 heavy (non-hydrogen) atoms. The van der Waals surface area contributed by atoms with E-state index in [9.17, 15) is 22.4 Å². The lowest BCUT2D eigenvalue weighted by atomic mass is 10.1. The molecule has 1 aliphatic heterocycles. The number of aromatic nitrogens is 2. The molecule has 1 amide bonds. The number of methoxy groups -OCH3 is 1. The Balaban J connectivity index is 1.62. The van der Waals surface area contributed by atoms with Crippen LogP contribution in [0.3, 0.4) is 0 Å². The summed E-state index contributed by atoms with van der Waals surface area (Å²) in [6.45, 7) is 0.631. The molecule has 0 radical (unpaired) electrons. The van der Waals surface area contributed by atoms with Crippen LogP contribution in [0.5, 0.6) is 5.75 Å². The number of carbonyl (C=O) groups excluding carboxylic acids is 1. The molecular weight excluding hydrogens is 512 g/mol. The smallest absolute Gasteiger partial charge is 0.447 e. The van der Waals surface area contributed by atoms with Gasteiger partial charge in [-0.3, -0.25) is 4.79 Å². The van der Waals surface area contributed by atoms with Crippen molar-refractivity contribution in [3.8, 4) is 17.6 Å². The van der Waals surface area contributed by atoms with Crippen molar-refractivity contribution in [1.29, 1.82) is 0 Å². The summed E-state index contributed by atoms with van der Waals surface area (Å²) in [5.74, 6) is 6.09. The lowest BCUT2D eigenvalue weighted by Crippen LogP contribution is -2.29. The Bertz CT molecular complexity index is 1350. The highest BCUT2D eigenvalue weighted by Gasteiger charge is 2.33.